The average molecular weight is 540 g/mol. The van der Waals surface area contributed by atoms with Crippen LogP contribution in [0.15, 0.2) is 43.5 Å². The van der Waals surface area contributed by atoms with E-state index in [1.807, 2.05) is 39.0 Å². The number of aliphatic hydroxyl groups excluding tert-OH is 1. The van der Waals surface area contributed by atoms with Gasteiger partial charge in [-0.2, -0.15) is 0 Å². The fraction of sp³-hybridized carbons (Fsp3) is 0.567. The second-order valence-electron chi connectivity index (χ2n) is 10.9. The lowest BCUT2D eigenvalue weighted by Gasteiger charge is -2.41. The van der Waals surface area contributed by atoms with E-state index in [2.05, 4.69) is 20.1 Å². The molecule has 3 fully saturated rings. The molecule has 1 spiro atoms. The monoisotopic (exact) mass is 539 g/mol. The minimum absolute atomic E-state index is 0.0183. The molecule has 0 saturated carbocycles. The van der Waals surface area contributed by atoms with Crippen molar-refractivity contribution in [3.63, 3.8) is 0 Å². The zero-order valence-corrected chi connectivity index (χ0v) is 23.9. The van der Waals surface area contributed by atoms with E-state index in [-0.39, 0.29) is 42.0 Å². The summed E-state index contributed by atoms with van der Waals surface area (Å²) >= 11 is 1.67. The smallest absolute Gasteiger partial charge is 0.251 e. The van der Waals surface area contributed by atoms with Crippen LogP contribution < -0.4 is 4.90 Å². The Bertz CT molecular complexity index is 1100. The molecule has 7 nitrogen and oxygen atoms in total. The highest BCUT2D eigenvalue weighted by Gasteiger charge is 2.76. The summed E-state index contributed by atoms with van der Waals surface area (Å²) in [4.78, 5) is 47.8. The van der Waals surface area contributed by atoms with E-state index in [9.17, 15) is 19.5 Å². The SMILES string of the molecule is C=CCN(CCC)C(=O)[C@@H]1[C@H]2C(=O)N(CCO)C(C(=O)N(CC=C)c3c(C)cccc3C)C23S[C@@H]1CC3C. The number of carbonyl (C=O) groups is 3. The molecular weight excluding hydrogens is 498 g/mol. The van der Waals surface area contributed by atoms with E-state index in [1.165, 1.54) is 0 Å². The third-order valence-electron chi connectivity index (χ3n) is 8.55. The largest absolute Gasteiger partial charge is 0.395 e. The van der Waals surface area contributed by atoms with Crippen molar-refractivity contribution in [2.75, 3.05) is 37.7 Å². The van der Waals surface area contributed by atoms with Gasteiger partial charge in [0.2, 0.25) is 11.8 Å². The number of β-amino-alcohol motifs (C(OH)–C–C–N with tert-alkyl or cyclic N) is 1. The normalized spacial score (nSPS) is 29.3. The van der Waals surface area contributed by atoms with Crippen LogP contribution in [0.1, 0.15) is 37.8 Å². The van der Waals surface area contributed by atoms with Gasteiger partial charge >= 0.3 is 0 Å². The molecule has 3 saturated heterocycles. The average Bonchev–Trinajstić information content (AvgIpc) is 3.46. The van der Waals surface area contributed by atoms with Crippen molar-refractivity contribution in [2.24, 2.45) is 17.8 Å². The van der Waals surface area contributed by atoms with Crippen molar-refractivity contribution in [3.05, 3.63) is 54.6 Å². The van der Waals surface area contributed by atoms with Crippen molar-refractivity contribution in [1.29, 1.82) is 0 Å². The van der Waals surface area contributed by atoms with Gasteiger partial charge < -0.3 is 19.8 Å². The summed E-state index contributed by atoms with van der Waals surface area (Å²) in [5.74, 6) is -1.39. The standard InChI is InChI=1S/C30H41N3O4S/c1-7-13-31(14-8-2)27(35)23-22-18-21(6)30(38-22)24(23)28(36)33(16-17-34)26(30)29(37)32(15-9-3)25-19(4)11-10-12-20(25)5/h7,9-12,21-24,26,34H,1,3,8,13-18H2,2,4-6H3/t21?,22-,23+,24+,26?,30?/m1/s1. The summed E-state index contributed by atoms with van der Waals surface area (Å²) in [7, 11) is 0. The van der Waals surface area contributed by atoms with Gasteiger partial charge in [0.1, 0.15) is 6.04 Å². The first-order valence-corrected chi connectivity index (χ1v) is 14.5. The topological polar surface area (TPSA) is 81.2 Å². The molecule has 1 aromatic rings. The third-order valence-corrected chi connectivity index (χ3v) is 10.6. The Morgan fingerprint density at radius 3 is 2.42 bits per heavy atom. The van der Waals surface area contributed by atoms with Crippen LogP contribution >= 0.6 is 11.8 Å². The predicted octanol–water partition coefficient (Wildman–Crippen LogP) is 3.58. The Balaban J connectivity index is 1.82. The van der Waals surface area contributed by atoms with Crippen molar-refractivity contribution >= 4 is 35.2 Å². The summed E-state index contributed by atoms with van der Waals surface area (Å²) < 4.78 is -0.726. The van der Waals surface area contributed by atoms with Gasteiger partial charge in [-0.25, -0.2) is 0 Å². The van der Waals surface area contributed by atoms with E-state index >= 15 is 0 Å². The summed E-state index contributed by atoms with van der Waals surface area (Å²) in [5, 5.41) is 9.94. The molecule has 3 aliphatic rings. The van der Waals surface area contributed by atoms with Crippen LogP contribution in [0.2, 0.25) is 0 Å². The van der Waals surface area contributed by atoms with Gasteiger partial charge in [0.15, 0.2) is 0 Å². The number of anilines is 1. The number of thioether (sulfide) groups is 1. The predicted molar refractivity (Wildman–Crippen MR) is 153 cm³/mol. The molecule has 3 amide bonds. The van der Waals surface area contributed by atoms with Crippen LogP contribution in [0.3, 0.4) is 0 Å². The molecule has 1 N–H and O–H groups in total. The molecular formula is C30H41N3O4S. The Kier molecular flexibility index (Phi) is 8.43. The van der Waals surface area contributed by atoms with Crippen LogP contribution in [0, 0.1) is 31.6 Å². The van der Waals surface area contributed by atoms with Crippen molar-refractivity contribution in [3.8, 4) is 0 Å². The first kappa shape index (κ1) is 28.4. The number of likely N-dealkylation sites (tertiary alicyclic amines) is 1. The fourth-order valence-corrected chi connectivity index (χ4v) is 9.57. The lowest BCUT2D eigenvalue weighted by atomic mass is 9.65. The van der Waals surface area contributed by atoms with Gasteiger partial charge in [0, 0.05) is 37.1 Å². The Labute approximate surface area is 230 Å². The van der Waals surface area contributed by atoms with Crippen molar-refractivity contribution in [1.82, 2.24) is 9.80 Å². The molecule has 8 heteroatoms. The summed E-state index contributed by atoms with van der Waals surface area (Å²) in [6, 6.07) is 5.16. The molecule has 38 heavy (non-hydrogen) atoms. The van der Waals surface area contributed by atoms with Crippen LogP contribution in [0.4, 0.5) is 5.69 Å². The fourth-order valence-electron chi connectivity index (χ4n) is 7.16. The lowest BCUT2D eigenvalue weighted by Crippen LogP contribution is -2.58. The van der Waals surface area contributed by atoms with Crippen LogP contribution in [0.25, 0.3) is 0 Å². The Morgan fingerprint density at radius 1 is 1.18 bits per heavy atom. The van der Waals surface area contributed by atoms with Gasteiger partial charge in [-0.15, -0.1) is 24.9 Å². The van der Waals surface area contributed by atoms with Crippen LogP contribution in [-0.4, -0.2) is 81.5 Å². The van der Waals surface area contributed by atoms with Gasteiger partial charge in [-0.1, -0.05) is 44.2 Å². The van der Waals surface area contributed by atoms with Gasteiger partial charge in [0.05, 0.1) is 23.2 Å². The number of nitrogens with zero attached hydrogens (tertiary/aromatic N) is 3. The lowest BCUT2D eigenvalue weighted by molar-refractivity contribution is -0.144. The van der Waals surface area contributed by atoms with E-state index in [0.29, 0.717) is 19.6 Å². The Morgan fingerprint density at radius 2 is 1.84 bits per heavy atom. The summed E-state index contributed by atoms with van der Waals surface area (Å²) in [6.45, 7) is 17.0. The molecule has 206 valence electrons. The maximum atomic E-state index is 14.6. The number of para-hydroxylation sites is 1. The molecule has 4 rings (SSSR count). The number of hydrogen-bond acceptors (Lipinski definition) is 5. The number of fused-ring (bicyclic) bond motifs is 1. The molecule has 0 radical (unpaired) electrons. The molecule has 0 aliphatic carbocycles. The number of aliphatic hydroxyl groups is 1. The maximum absolute atomic E-state index is 14.6. The summed E-state index contributed by atoms with van der Waals surface area (Å²) in [6.07, 6.45) is 5.03. The second kappa shape index (κ2) is 11.3. The quantitative estimate of drug-likeness (QED) is 0.435. The molecule has 3 heterocycles. The van der Waals surface area contributed by atoms with Gasteiger partial charge in [-0.3, -0.25) is 14.4 Å². The molecule has 2 bridgehead atoms. The number of benzene rings is 1. The molecule has 1 aromatic carbocycles. The molecule has 0 aromatic heterocycles. The first-order valence-electron chi connectivity index (χ1n) is 13.7. The van der Waals surface area contributed by atoms with Gasteiger partial charge in [0.25, 0.3) is 5.91 Å². The minimum Gasteiger partial charge on any atom is -0.395 e. The Hall–Kier alpha value is -2.58. The zero-order valence-electron chi connectivity index (χ0n) is 23.1. The van der Waals surface area contributed by atoms with E-state index in [0.717, 1.165) is 29.7 Å². The number of aryl methyl sites for hydroxylation is 2. The number of carbonyl (C=O) groups excluding carboxylic acids is 3. The van der Waals surface area contributed by atoms with E-state index < -0.39 is 22.6 Å². The van der Waals surface area contributed by atoms with Gasteiger partial charge in [-0.05, 0) is 43.7 Å². The second-order valence-corrected chi connectivity index (χ2v) is 12.4. The number of hydrogen-bond donors (Lipinski definition) is 1. The highest BCUT2D eigenvalue weighted by molar-refractivity contribution is 8.02. The highest BCUT2D eigenvalue weighted by Crippen LogP contribution is 2.69. The molecule has 3 aliphatic heterocycles. The summed E-state index contributed by atoms with van der Waals surface area (Å²) in [5.41, 5.74) is 2.76. The van der Waals surface area contributed by atoms with Crippen LogP contribution in [0.5, 0.6) is 0 Å². The number of amides is 3. The van der Waals surface area contributed by atoms with Crippen molar-refractivity contribution in [2.45, 2.75) is 56.6 Å². The zero-order chi connectivity index (χ0) is 27.8. The highest BCUT2D eigenvalue weighted by atomic mass is 32.2. The minimum atomic E-state index is -0.770. The molecule has 3 unspecified atom stereocenters. The third kappa shape index (κ3) is 4.30. The van der Waals surface area contributed by atoms with E-state index in [1.54, 1.807) is 38.6 Å². The number of rotatable bonds is 11. The molecule has 6 atom stereocenters. The maximum Gasteiger partial charge on any atom is 0.251 e. The first-order chi connectivity index (χ1) is 18.2. The van der Waals surface area contributed by atoms with E-state index in [4.69, 9.17) is 0 Å². The van der Waals surface area contributed by atoms with Crippen molar-refractivity contribution < 1.29 is 19.5 Å². The van der Waals surface area contributed by atoms with Crippen LogP contribution in [-0.2, 0) is 14.4 Å².